The normalized spacial score (nSPS) is 8.89. The fourth-order valence-electron chi connectivity index (χ4n) is 0.299. The van der Waals surface area contributed by atoms with Gasteiger partial charge in [0.15, 0.2) is 0 Å². The first kappa shape index (κ1) is 12.2. The van der Waals surface area contributed by atoms with Gasteiger partial charge in [0.2, 0.25) is 0 Å². The second-order valence-corrected chi connectivity index (χ2v) is 3.25. The molecule has 0 saturated carbocycles. The SMILES string of the molecule is CC(C)(C)C#CCBr.P. The van der Waals surface area contributed by atoms with E-state index >= 15 is 0 Å². The Morgan fingerprint density at radius 3 is 1.89 bits per heavy atom. The van der Waals surface area contributed by atoms with Crippen LogP contribution >= 0.6 is 25.8 Å². The van der Waals surface area contributed by atoms with Gasteiger partial charge in [-0.1, -0.05) is 27.8 Å². The average molecular weight is 209 g/mol. The zero-order valence-corrected chi connectivity index (χ0v) is 9.29. The fraction of sp³-hybridized carbons (Fsp3) is 0.714. The van der Waals surface area contributed by atoms with E-state index in [1.165, 1.54) is 0 Å². The Hall–Kier alpha value is 0.470. The zero-order chi connectivity index (χ0) is 6.62. The van der Waals surface area contributed by atoms with Crippen molar-refractivity contribution < 1.29 is 0 Å². The molecule has 1 atom stereocenters. The van der Waals surface area contributed by atoms with Crippen molar-refractivity contribution in [1.82, 2.24) is 0 Å². The van der Waals surface area contributed by atoms with Crippen molar-refractivity contribution in [2.24, 2.45) is 5.41 Å². The van der Waals surface area contributed by atoms with Crippen molar-refractivity contribution >= 4 is 25.8 Å². The summed E-state index contributed by atoms with van der Waals surface area (Å²) in [4.78, 5) is 0. The number of halogens is 1. The molecule has 0 aliphatic rings. The Kier molecular flexibility index (Phi) is 7.13. The lowest BCUT2D eigenvalue weighted by atomic mass is 9.98. The van der Waals surface area contributed by atoms with E-state index in [1.54, 1.807) is 0 Å². The molecule has 54 valence electrons. The van der Waals surface area contributed by atoms with Gasteiger partial charge in [-0.3, -0.25) is 0 Å². The van der Waals surface area contributed by atoms with Crippen molar-refractivity contribution in [3.05, 3.63) is 0 Å². The van der Waals surface area contributed by atoms with Gasteiger partial charge in [-0.2, -0.15) is 9.90 Å². The summed E-state index contributed by atoms with van der Waals surface area (Å²) in [5.74, 6) is 6.03. The van der Waals surface area contributed by atoms with Crippen LogP contribution in [0.15, 0.2) is 0 Å². The summed E-state index contributed by atoms with van der Waals surface area (Å²) in [6.07, 6.45) is 0. The van der Waals surface area contributed by atoms with Gasteiger partial charge in [0, 0.05) is 5.41 Å². The molecule has 0 heterocycles. The van der Waals surface area contributed by atoms with Gasteiger partial charge < -0.3 is 0 Å². The van der Waals surface area contributed by atoms with Crippen molar-refractivity contribution in [3.8, 4) is 11.8 Å². The Bertz CT molecular complexity index is 113. The molecule has 0 fully saturated rings. The van der Waals surface area contributed by atoms with E-state index in [4.69, 9.17) is 0 Å². The minimum Gasteiger partial charge on any atom is -0.153 e. The molecule has 0 aromatic carbocycles. The Labute approximate surface area is 69.5 Å². The zero-order valence-electron chi connectivity index (χ0n) is 6.29. The van der Waals surface area contributed by atoms with Gasteiger partial charge in [-0.05, 0) is 20.8 Å². The van der Waals surface area contributed by atoms with Crippen LogP contribution < -0.4 is 0 Å². The molecule has 9 heavy (non-hydrogen) atoms. The highest BCUT2D eigenvalue weighted by Gasteiger charge is 2.01. The van der Waals surface area contributed by atoms with Crippen molar-refractivity contribution in [2.45, 2.75) is 20.8 Å². The quantitative estimate of drug-likeness (QED) is 0.326. The van der Waals surface area contributed by atoms with Crippen molar-refractivity contribution in [3.63, 3.8) is 0 Å². The van der Waals surface area contributed by atoms with Crippen LogP contribution in [0.25, 0.3) is 0 Å². The molecule has 0 saturated heterocycles. The molecule has 2 heteroatoms. The van der Waals surface area contributed by atoms with Crippen molar-refractivity contribution in [1.29, 1.82) is 0 Å². The second-order valence-electron chi connectivity index (χ2n) is 2.69. The summed E-state index contributed by atoms with van der Waals surface area (Å²) in [6.45, 7) is 6.30. The van der Waals surface area contributed by atoms with Crippen molar-refractivity contribution in [2.75, 3.05) is 5.33 Å². The molecule has 0 radical (unpaired) electrons. The first-order chi connectivity index (χ1) is 3.56. The lowest BCUT2D eigenvalue weighted by Crippen LogP contribution is -1.98. The Morgan fingerprint density at radius 1 is 1.33 bits per heavy atom. The average Bonchev–Trinajstić information content (AvgIpc) is 1.59. The lowest BCUT2D eigenvalue weighted by Gasteiger charge is -2.05. The van der Waals surface area contributed by atoms with E-state index in [9.17, 15) is 0 Å². The molecule has 0 aromatic rings. The molecule has 1 unspecified atom stereocenters. The minimum atomic E-state index is 0. The summed E-state index contributed by atoms with van der Waals surface area (Å²) in [5.41, 5.74) is 0.160. The highest BCUT2D eigenvalue weighted by Crippen LogP contribution is 2.09. The second kappa shape index (κ2) is 5.27. The Balaban J connectivity index is 0. The van der Waals surface area contributed by atoms with E-state index in [-0.39, 0.29) is 15.3 Å². The highest BCUT2D eigenvalue weighted by molar-refractivity contribution is 9.09. The number of hydrogen-bond acceptors (Lipinski definition) is 0. The maximum absolute atomic E-state index is 3.23. The molecule has 0 aliphatic carbocycles. The summed E-state index contributed by atoms with van der Waals surface area (Å²) >= 11 is 3.23. The molecular weight excluding hydrogens is 195 g/mol. The van der Waals surface area contributed by atoms with Crippen LogP contribution in [0.5, 0.6) is 0 Å². The number of alkyl halides is 1. The molecule has 0 N–H and O–H groups in total. The van der Waals surface area contributed by atoms with Crippen LogP contribution in [0.2, 0.25) is 0 Å². The molecule has 0 amide bonds. The largest absolute Gasteiger partial charge is 0.153 e. The van der Waals surface area contributed by atoms with Gasteiger partial charge in [0.1, 0.15) is 0 Å². The highest BCUT2D eigenvalue weighted by atomic mass is 79.9. The van der Waals surface area contributed by atoms with Crippen LogP contribution in [-0.2, 0) is 0 Å². The van der Waals surface area contributed by atoms with Crippen LogP contribution in [0, 0.1) is 17.3 Å². The summed E-state index contributed by atoms with van der Waals surface area (Å²) in [7, 11) is 0. The minimum absolute atomic E-state index is 0. The van der Waals surface area contributed by atoms with Gasteiger partial charge in [-0.15, -0.1) is 0 Å². The molecule has 0 bridgehead atoms. The number of hydrogen-bond donors (Lipinski definition) is 0. The third-order valence-electron chi connectivity index (χ3n) is 0.530. The predicted octanol–water partition coefficient (Wildman–Crippen LogP) is 2.49. The van der Waals surface area contributed by atoms with E-state index in [0.29, 0.717) is 0 Å². The van der Waals surface area contributed by atoms with Crippen LogP contribution in [0.4, 0.5) is 0 Å². The monoisotopic (exact) mass is 208 g/mol. The first-order valence-electron chi connectivity index (χ1n) is 2.62. The Morgan fingerprint density at radius 2 is 1.78 bits per heavy atom. The summed E-state index contributed by atoms with van der Waals surface area (Å²) < 4.78 is 0. The molecule has 0 rings (SSSR count). The fourth-order valence-corrected chi connectivity index (χ4v) is 0.439. The third kappa shape index (κ3) is 11.8. The van der Waals surface area contributed by atoms with E-state index in [2.05, 4.69) is 48.5 Å². The molecule has 0 nitrogen and oxygen atoms in total. The predicted molar refractivity (Wildman–Crippen MR) is 52.1 cm³/mol. The summed E-state index contributed by atoms with van der Waals surface area (Å²) in [6, 6.07) is 0. The first-order valence-corrected chi connectivity index (χ1v) is 3.74. The standard InChI is InChI=1S/C7H11Br.H3P/c1-7(2,3)5-4-6-8;/h6H2,1-3H3;1H3. The van der Waals surface area contributed by atoms with Gasteiger partial charge in [0.05, 0.1) is 5.33 Å². The van der Waals surface area contributed by atoms with E-state index in [1.807, 2.05) is 0 Å². The van der Waals surface area contributed by atoms with Gasteiger partial charge in [-0.25, -0.2) is 0 Å². The smallest absolute Gasteiger partial charge is 0.0645 e. The van der Waals surface area contributed by atoms with E-state index in [0.717, 1.165) is 5.33 Å². The molecule has 0 aromatic heterocycles. The van der Waals surface area contributed by atoms with Gasteiger partial charge >= 0.3 is 0 Å². The summed E-state index contributed by atoms with van der Waals surface area (Å²) in [5, 5.41) is 0.782. The molecule has 0 aliphatic heterocycles. The lowest BCUT2D eigenvalue weighted by molar-refractivity contribution is 0.571. The maximum Gasteiger partial charge on any atom is 0.0645 e. The topological polar surface area (TPSA) is 0 Å². The van der Waals surface area contributed by atoms with Crippen LogP contribution in [-0.4, -0.2) is 5.33 Å². The van der Waals surface area contributed by atoms with E-state index < -0.39 is 0 Å². The third-order valence-corrected chi connectivity index (χ3v) is 0.811. The van der Waals surface area contributed by atoms with Crippen LogP contribution in [0.1, 0.15) is 20.8 Å². The van der Waals surface area contributed by atoms with Crippen LogP contribution in [0.3, 0.4) is 0 Å². The molecule has 0 spiro atoms. The van der Waals surface area contributed by atoms with Gasteiger partial charge in [0.25, 0.3) is 0 Å². The number of rotatable bonds is 0. The molecular formula is C7H14BrP. The maximum atomic E-state index is 3.23.